The van der Waals surface area contributed by atoms with Crippen molar-refractivity contribution in [2.45, 2.75) is 0 Å². The predicted molar refractivity (Wildman–Crippen MR) is 74.4 cm³/mol. The van der Waals surface area contributed by atoms with Crippen molar-refractivity contribution in [2.24, 2.45) is 0 Å². The summed E-state index contributed by atoms with van der Waals surface area (Å²) < 4.78 is 0. The Kier molecular flexibility index (Phi) is 2.42. The molecule has 0 aliphatic carbocycles. The number of hydrogen-bond donors (Lipinski definition) is 3. The standard InChI is InChI=1S/C13H11N5O/c14-10-6-5-9(12(15)16-10)11-7-3-1-2-4-8(7)13(19)18-17-11/h1-6H,(H,18,19)(H4,14,15,16). The van der Waals surface area contributed by atoms with E-state index >= 15 is 0 Å². The molecular weight excluding hydrogens is 242 g/mol. The first-order valence-corrected chi connectivity index (χ1v) is 5.66. The molecular formula is C13H11N5O. The van der Waals surface area contributed by atoms with Gasteiger partial charge in [-0.25, -0.2) is 10.1 Å². The average molecular weight is 253 g/mol. The quantitative estimate of drug-likeness (QED) is 0.602. The van der Waals surface area contributed by atoms with Crippen molar-refractivity contribution in [3.05, 3.63) is 46.8 Å². The molecule has 1 aromatic carbocycles. The van der Waals surface area contributed by atoms with Gasteiger partial charge in [0.25, 0.3) is 5.56 Å². The minimum Gasteiger partial charge on any atom is -0.384 e. The summed E-state index contributed by atoms with van der Waals surface area (Å²) in [6.45, 7) is 0. The smallest absolute Gasteiger partial charge is 0.272 e. The van der Waals surface area contributed by atoms with Crippen LogP contribution >= 0.6 is 0 Å². The molecule has 0 unspecified atom stereocenters. The second kappa shape index (κ2) is 4.09. The molecule has 6 nitrogen and oxygen atoms in total. The molecule has 3 aromatic rings. The van der Waals surface area contributed by atoms with Crippen LogP contribution < -0.4 is 17.0 Å². The summed E-state index contributed by atoms with van der Waals surface area (Å²) in [6.07, 6.45) is 0. The molecule has 0 atom stereocenters. The first-order chi connectivity index (χ1) is 9.16. The molecule has 0 fully saturated rings. The van der Waals surface area contributed by atoms with Crippen molar-refractivity contribution in [3.8, 4) is 11.3 Å². The van der Waals surface area contributed by atoms with Crippen molar-refractivity contribution in [3.63, 3.8) is 0 Å². The highest BCUT2D eigenvalue weighted by Gasteiger charge is 2.11. The number of benzene rings is 1. The van der Waals surface area contributed by atoms with Crippen LogP contribution in [0.2, 0.25) is 0 Å². The van der Waals surface area contributed by atoms with Crippen molar-refractivity contribution in [1.29, 1.82) is 0 Å². The van der Waals surface area contributed by atoms with E-state index in [0.29, 0.717) is 22.5 Å². The maximum absolute atomic E-state index is 11.7. The average Bonchev–Trinajstić information content (AvgIpc) is 2.41. The van der Waals surface area contributed by atoms with Crippen LogP contribution in [0.5, 0.6) is 0 Å². The number of nitrogens with zero attached hydrogens (tertiary/aromatic N) is 2. The SMILES string of the molecule is Nc1ccc(-c2n[nH]c(=O)c3ccccc23)c(N)n1. The van der Waals surface area contributed by atoms with Crippen molar-refractivity contribution >= 4 is 22.4 Å². The van der Waals surface area contributed by atoms with Crippen LogP contribution in [0.25, 0.3) is 22.0 Å². The van der Waals surface area contributed by atoms with E-state index in [9.17, 15) is 4.79 Å². The van der Waals surface area contributed by atoms with E-state index in [0.717, 1.165) is 5.39 Å². The lowest BCUT2D eigenvalue weighted by molar-refractivity contribution is 1.02. The Bertz CT molecular complexity index is 825. The zero-order valence-corrected chi connectivity index (χ0v) is 9.92. The van der Waals surface area contributed by atoms with E-state index in [1.54, 1.807) is 24.3 Å². The highest BCUT2D eigenvalue weighted by Crippen LogP contribution is 2.28. The first kappa shape index (κ1) is 11.2. The van der Waals surface area contributed by atoms with Gasteiger partial charge in [-0.05, 0) is 18.2 Å². The maximum Gasteiger partial charge on any atom is 0.272 e. The van der Waals surface area contributed by atoms with Gasteiger partial charge in [0.1, 0.15) is 17.3 Å². The van der Waals surface area contributed by atoms with E-state index < -0.39 is 0 Å². The van der Waals surface area contributed by atoms with Crippen LogP contribution in [0.3, 0.4) is 0 Å². The number of hydrogen-bond acceptors (Lipinski definition) is 5. The van der Waals surface area contributed by atoms with Gasteiger partial charge in [0.2, 0.25) is 0 Å². The summed E-state index contributed by atoms with van der Waals surface area (Å²) in [5.74, 6) is 0.625. The third-order valence-corrected chi connectivity index (χ3v) is 2.90. The largest absolute Gasteiger partial charge is 0.384 e. The van der Waals surface area contributed by atoms with Crippen LogP contribution in [0.1, 0.15) is 0 Å². The normalized spacial score (nSPS) is 10.7. The lowest BCUT2D eigenvalue weighted by atomic mass is 10.1. The molecule has 2 aromatic heterocycles. The van der Waals surface area contributed by atoms with Crippen molar-refractivity contribution in [2.75, 3.05) is 11.5 Å². The van der Waals surface area contributed by atoms with Crippen LogP contribution in [-0.4, -0.2) is 15.2 Å². The van der Waals surface area contributed by atoms with E-state index in [1.165, 1.54) is 0 Å². The molecule has 2 heterocycles. The molecule has 0 aliphatic heterocycles. The monoisotopic (exact) mass is 253 g/mol. The number of anilines is 2. The first-order valence-electron chi connectivity index (χ1n) is 5.66. The Morgan fingerprint density at radius 1 is 1.00 bits per heavy atom. The van der Waals surface area contributed by atoms with Gasteiger partial charge >= 0.3 is 0 Å². The van der Waals surface area contributed by atoms with E-state index in [-0.39, 0.29) is 11.4 Å². The molecule has 94 valence electrons. The third kappa shape index (κ3) is 1.79. The van der Waals surface area contributed by atoms with Crippen molar-refractivity contribution in [1.82, 2.24) is 15.2 Å². The van der Waals surface area contributed by atoms with Crippen LogP contribution in [0.15, 0.2) is 41.2 Å². The van der Waals surface area contributed by atoms with Gasteiger partial charge in [0.15, 0.2) is 0 Å². The van der Waals surface area contributed by atoms with E-state index in [1.807, 2.05) is 12.1 Å². The van der Waals surface area contributed by atoms with Gasteiger partial charge in [-0.2, -0.15) is 5.10 Å². The van der Waals surface area contributed by atoms with Gasteiger partial charge in [0, 0.05) is 10.9 Å². The second-order valence-electron chi connectivity index (χ2n) is 4.12. The Labute approximate surface area is 108 Å². The molecule has 5 N–H and O–H groups in total. The summed E-state index contributed by atoms with van der Waals surface area (Å²) >= 11 is 0. The summed E-state index contributed by atoms with van der Waals surface area (Å²) in [5.41, 5.74) is 12.4. The van der Waals surface area contributed by atoms with E-state index in [4.69, 9.17) is 11.5 Å². The van der Waals surface area contributed by atoms with Crippen molar-refractivity contribution < 1.29 is 0 Å². The fourth-order valence-corrected chi connectivity index (χ4v) is 2.01. The Morgan fingerprint density at radius 2 is 1.74 bits per heavy atom. The van der Waals surface area contributed by atoms with Gasteiger partial charge in [-0.1, -0.05) is 18.2 Å². The number of nitrogen functional groups attached to an aromatic ring is 2. The maximum atomic E-state index is 11.7. The number of pyridine rings is 1. The molecule has 0 amide bonds. The number of fused-ring (bicyclic) bond motifs is 1. The minimum absolute atomic E-state index is 0.235. The van der Waals surface area contributed by atoms with E-state index in [2.05, 4.69) is 15.2 Å². The Hall–Kier alpha value is -2.89. The highest BCUT2D eigenvalue weighted by atomic mass is 16.1. The van der Waals surface area contributed by atoms with Gasteiger partial charge in [-0.15, -0.1) is 0 Å². The Morgan fingerprint density at radius 3 is 2.47 bits per heavy atom. The topological polar surface area (TPSA) is 111 Å². The Balaban J connectivity index is 2.37. The molecule has 6 heteroatoms. The lowest BCUT2D eigenvalue weighted by Crippen LogP contribution is -2.10. The minimum atomic E-state index is -0.235. The third-order valence-electron chi connectivity index (χ3n) is 2.90. The molecule has 0 bridgehead atoms. The number of nitrogens with one attached hydrogen (secondary N) is 1. The van der Waals surface area contributed by atoms with Crippen LogP contribution in [-0.2, 0) is 0 Å². The molecule has 0 spiro atoms. The molecule has 3 rings (SSSR count). The highest BCUT2D eigenvalue weighted by molar-refractivity contribution is 5.95. The molecule has 19 heavy (non-hydrogen) atoms. The fraction of sp³-hybridized carbons (Fsp3) is 0. The number of aromatic nitrogens is 3. The number of nitrogens with two attached hydrogens (primary N) is 2. The summed E-state index contributed by atoms with van der Waals surface area (Å²) in [5, 5.41) is 7.82. The van der Waals surface area contributed by atoms with Gasteiger partial charge in [0.05, 0.1) is 5.39 Å². The zero-order chi connectivity index (χ0) is 13.4. The molecule has 0 aliphatic rings. The number of H-pyrrole nitrogens is 1. The van der Waals surface area contributed by atoms with Crippen LogP contribution in [0, 0.1) is 0 Å². The summed E-state index contributed by atoms with van der Waals surface area (Å²) in [6, 6.07) is 10.6. The second-order valence-corrected chi connectivity index (χ2v) is 4.12. The van der Waals surface area contributed by atoms with Gasteiger partial charge < -0.3 is 11.5 Å². The predicted octanol–water partition coefficient (Wildman–Crippen LogP) is 1.15. The van der Waals surface area contributed by atoms with Gasteiger partial charge in [-0.3, -0.25) is 4.79 Å². The summed E-state index contributed by atoms with van der Waals surface area (Å²) in [4.78, 5) is 15.7. The number of rotatable bonds is 1. The summed E-state index contributed by atoms with van der Waals surface area (Å²) in [7, 11) is 0. The van der Waals surface area contributed by atoms with Crippen LogP contribution in [0.4, 0.5) is 11.6 Å². The fourth-order valence-electron chi connectivity index (χ4n) is 2.01. The molecule has 0 radical (unpaired) electrons. The zero-order valence-electron chi connectivity index (χ0n) is 9.92. The molecule has 0 saturated heterocycles. The number of aromatic amines is 1. The lowest BCUT2D eigenvalue weighted by Gasteiger charge is -2.07. The molecule has 0 saturated carbocycles.